The van der Waals surface area contributed by atoms with E-state index in [1.54, 1.807) is 18.2 Å². The number of halogens is 2. The highest BCUT2D eigenvalue weighted by Gasteiger charge is 2.35. The highest BCUT2D eigenvalue weighted by molar-refractivity contribution is 6.36. The summed E-state index contributed by atoms with van der Waals surface area (Å²) in [5, 5.41) is 0.961. The second-order valence-corrected chi connectivity index (χ2v) is 4.46. The SMILES string of the molecule is CCN1C(=O)N=C(N)C1c1c(Cl)cccc1Cl. The summed E-state index contributed by atoms with van der Waals surface area (Å²) in [7, 11) is 0. The Hall–Kier alpha value is -1.26. The van der Waals surface area contributed by atoms with Gasteiger partial charge in [0.15, 0.2) is 0 Å². The Morgan fingerprint density at radius 3 is 2.53 bits per heavy atom. The molecule has 0 spiro atoms. The Morgan fingerprint density at radius 2 is 2.00 bits per heavy atom. The molecule has 90 valence electrons. The van der Waals surface area contributed by atoms with E-state index in [4.69, 9.17) is 28.9 Å². The number of amidine groups is 1. The van der Waals surface area contributed by atoms with Crippen LogP contribution in [0.1, 0.15) is 18.5 Å². The van der Waals surface area contributed by atoms with E-state index in [0.717, 1.165) is 0 Å². The number of likely N-dealkylation sites (N-methyl/N-ethyl adjacent to an activating group) is 1. The molecule has 1 aromatic rings. The first kappa shape index (κ1) is 12.2. The van der Waals surface area contributed by atoms with Crippen molar-refractivity contribution in [3.8, 4) is 0 Å². The molecule has 0 aromatic heterocycles. The molecule has 0 radical (unpaired) electrons. The van der Waals surface area contributed by atoms with Crippen molar-refractivity contribution in [3.63, 3.8) is 0 Å². The zero-order chi connectivity index (χ0) is 12.6. The predicted molar refractivity (Wildman–Crippen MR) is 68.6 cm³/mol. The standard InChI is InChI=1S/C11H11Cl2N3O/c1-2-16-9(10(14)15-11(16)17)8-6(12)4-3-5-7(8)13/h3-5,9H,2H2,1H3,(H2,14,15,17). The van der Waals surface area contributed by atoms with Gasteiger partial charge >= 0.3 is 6.03 Å². The molecule has 2 N–H and O–H groups in total. The van der Waals surface area contributed by atoms with Gasteiger partial charge in [0.25, 0.3) is 0 Å². The van der Waals surface area contributed by atoms with Crippen LogP contribution in [0.25, 0.3) is 0 Å². The average molecular weight is 272 g/mol. The first-order valence-electron chi connectivity index (χ1n) is 5.14. The average Bonchev–Trinajstić information content (AvgIpc) is 2.53. The Labute approximate surface area is 109 Å². The molecule has 2 rings (SSSR count). The Balaban J connectivity index is 2.53. The first-order chi connectivity index (χ1) is 8.06. The summed E-state index contributed by atoms with van der Waals surface area (Å²) in [5.74, 6) is 0.229. The van der Waals surface area contributed by atoms with Gasteiger partial charge in [0.1, 0.15) is 11.9 Å². The van der Waals surface area contributed by atoms with Crippen molar-refractivity contribution in [1.82, 2.24) is 4.90 Å². The Kier molecular flexibility index (Phi) is 3.26. The van der Waals surface area contributed by atoms with E-state index in [0.29, 0.717) is 22.2 Å². The number of hydrogen-bond acceptors (Lipinski definition) is 2. The van der Waals surface area contributed by atoms with Gasteiger partial charge in [-0.2, -0.15) is 4.99 Å². The largest absolute Gasteiger partial charge is 0.385 e. The van der Waals surface area contributed by atoms with Gasteiger partial charge in [-0.1, -0.05) is 29.3 Å². The van der Waals surface area contributed by atoms with Crippen LogP contribution in [0.2, 0.25) is 10.0 Å². The smallest absolute Gasteiger partial charge is 0.346 e. The van der Waals surface area contributed by atoms with Gasteiger partial charge in [0, 0.05) is 22.2 Å². The van der Waals surface area contributed by atoms with Crippen LogP contribution in [0.4, 0.5) is 4.79 Å². The normalized spacial score (nSPS) is 19.7. The summed E-state index contributed by atoms with van der Waals surface area (Å²) in [6.07, 6.45) is 0. The van der Waals surface area contributed by atoms with Crippen molar-refractivity contribution in [1.29, 1.82) is 0 Å². The van der Waals surface area contributed by atoms with Crippen LogP contribution in [0.15, 0.2) is 23.2 Å². The van der Waals surface area contributed by atoms with Gasteiger partial charge < -0.3 is 10.6 Å². The molecule has 0 bridgehead atoms. The molecule has 1 aromatic carbocycles. The van der Waals surface area contributed by atoms with Crippen molar-refractivity contribution in [2.24, 2.45) is 10.7 Å². The highest BCUT2D eigenvalue weighted by atomic mass is 35.5. The second-order valence-electron chi connectivity index (χ2n) is 3.64. The van der Waals surface area contributed by atoms with E-state index >= 15 is 0 Å². The van der Waals surface area contributed by atoms with Crippen molar-refractivity contribution in [2.45, 2.75) is 13.0 Å². The summed E-state index contributed by atoms with van der Waals surface area (Å²) >= 11 is 12.2. The Bertz CT molecular complexity index is 481. The van der Waals surface area contributed by atoms with Crippen molar-refractivity contribution in [2.75, 3.05) is 6.54 Å². The summed E-state index contributed by atoms with van der Waals surface area (Å²) in [6.45, 7) is 2.35. The predicted octanol–water partition coefficient (Wildman–Crippen LogP) is 2.85. The minimum Gasteiger partial charge on any atom is -0.385 e. The lowest BCUT2D eigenvalue weighted by Crippen LogP contribution is -2.33. The van der Waals surface area contributed by atoms with E-state index in [-0.39, 0.29) is 11.9 Å². The molecule has 1 unspecified atom stereocenters. The van der Waals surface area contributed by atoms with E-state index in [2.05, 4.69) is 4.99 Å². The molecule has 0 saturated carbocycles. The summed E-state index contributed by atoms with van der Waals surface area (Å²) in [5.41, 5.74) is 6.40. The zero-order valence-corrected chi connectivity index (χ0v) is 10.7. The third-order valence-corrected chi connectivity index (χ3v) is 3.34. The monoisotopic (exact) mass is 271 g/mol. The number of aliphatic imine (C=N–C) groups is 1. The van der Waals surface area contributed by atoms with Crippen molar-refractivity contribution >= 4 is 35.1 Å². The molecule has 1 atom stereocenters. The number of amides is 2. The lowest BCUT2D eigenvalue weighted by atomic mass is 10.1. The number of rotatable bonds is 2. The number of carbonyl (C=O) groups is 1. The lowest BCUT2D eigenvalue weighted by Gasteiger charge is -2.24. The number of hydrogen-bond donors (Lipinski definition) is 1. The fourth-order valence-electron chi connectivity index (χ4n) is 1.90. The van der Waals surface area contributed by atoms with Crippen LogP contribution < -0.4 is 5.73 Å². The molecular weight excluding hydrogens is 261 g/mol. The lowest BCUT2D eigenvalue weighted by molar-refractivity contribution is 0.210. The van der Waals surface area contributed by atoms with Crippen LogP contribution >= 0.6 is 23.2 Å². The van der Waals surface area contributed by atoms with E-state index in [9.17, 15) is 4.79 Å². The van der Waals surface area contributed by atoms with Crippen molar-refractivity contribution in [3.05, 3.63) is 33.8 Å². The van der Waals surface area contributed by atoms with Crippen LogP contribution in [-0.2, 0) is 0 Å². The fraction of sp³-hybridized carbons (Fsp3) is 0.273. The topological polar surface area (TPSA) is 58.7 Å². The van der Waals surface area contributed by atoms with Gasteiger partial charge in [-0.05, 0) is 19.1 Å². The third-order valence-electron chi connectivity index (χ3n) is 2.68. The highest BCUT2D eigenvalue weighted by Crippen LogP contribution is 2.36. The third kappa shape index (κ3) is 1.98. The maximum atomic E-state index is 11.6. The maximum absolute atomic E-state index is 11.6. The van der Waals surface area contributed by atoms with E-state index < -0.39 is 6.04 Å². The van der Waals surface area contributed by atoms with E-state index in [1.165, 1.54) is 4.90 Å². The molecule has 6 heteroatoms. The van der Waals surface area contributed by atoms with Gasteiger partial charge in [-0.3, -0.25) is 0 Å². The molecule has 0 aliphatic carbocycles. The zero-order valence-electron chi connectivity index (χ0n) is 9.15. The molecule has 17 heavy (non-hydrogen) atoms. The molecule has 1 aliphatic heterocycles. The quantitative estimate of drug-likeness (QED) is 0.899. The number of nitrogens with zero attached hydrogens (tertiary/aromatic N) is 2. The van der Waals surface area contributed by atoms with Crippen LogP contribution in [0.5, 0.6) is 0 Å². The van der Waals surface area contributed by atoms with Gasteiger partial charge in [-0.15, -0.1) is 0 Å². The molecule has 1 heterocycles. The number of benzene rings is 1. The summed E-state index contributed by atoms with van der Waals surface area (Å²) in [6, 6.07) is 4.35. The summed E-state index contributed by atoms with van der Waals surface area (Å²) < 4.78 is 0. The van der Waals surface area contributed by atoms with Gasteiger partial charge in [0.05, 0.1) is 0 Å². The Morgan fingerprint density at radius 1 is 1.41 bits per heavy atom. The fourth-order valence-corrected chi connectivity index (χ4v) is 2.50. The first-order valence-corrected chi connectivity index (χ1v) is 5.90. The molecule has 1 aliphatic rings. The van der Waals surface area contributed by atoms with Gasteiger partial charge in [0.2, 0.25) is 0 Å². The molecule has 0 saturated heterocycles. The summed E-state index contributed by atoms with van der Waals surface area (Å²) in [4.78, 5) is 16.9. The van der Waals surface area contributed by atoms with Gasteiger partial charge in [-0.25, -0.2) is 4.79 Å². The minimum absolute atomic E-state index is 0.229. The molecule has 2 amide bonds. The van der Waals surface area contributed by atoms with Crippen LogP contribution in [0.3, 0.4) is 0 Å². The number of urea groups is 1. The molecular formula is C11H11Cl2N3O. The second kappa shape index (κ2) is 4.55. The minimum atomic E-state index is -0.464. The van der Waals surface area contributed by atoms with E-state index in [1.807, 2.05) is 6.92 Å². The van der Waals surface area contributed by atoms with Crippen LogP contribution in [-0.4, -0.2) is 23.3 Å². The van der Waals surface area contributed by atoms with Crippen LogP contribution in [0, 0.1) is 0 Å². The molecule has 0 fully saturated rings. The maximum Gasteiger partial charge on any atom is 0.346 e. The number of nitrogens with two attached hydrogens (primary N) is 1. The van der Waals surface area contributed by atoms with Crippen molar-refractivity contribution < 1.29 is 4.79 Å². The molecule has 4 nitrogen and oxygen atoms in total. The number of carbonyl (C=O) groups excluding carboxylic acids is 1.